The number of esters is 1. The van der Waals surface area contributed by atoms with Gasteiger partial charge in [0.05, 0.1) is 19.4 Å². The number of carbonyl (C=O) groups is 2. The van der Waals surface area contributed by atoms with Crippen LogP contribution < -0.4 is 10.1 Å². The molecule has 6 nitrogen and oxygen atoms in total. The number of methoxy groups -OCH3 is 1. The van der Waals surface area contributed by atoms with Crippen LogP contribution in [0.3, 0.4) is 0 Å². The standard InChI is InChI=1S/C22H20N2O4S/c1-3-28-21(26)20-19(16-7-5-4-6-8-16)24-22(29-20)23-18(25)14-11-15-9-12-17(27-2)13-10-15/h4-14H,3H2,1-2H3,(H,23,24,25)/b14-11+. The van der Waals surface area contributed by atoms with E-state index in [9.17, 15) is 9.59 Å². The minimum atomic E-state index is -0.460. The Morgan fingerprint density at radius 1 is 1.10 bits per heavy atom. The monoisotopic (exact) mass is 408 g/mol. The van der Waals surface area contributed by atoms with Crippen molar-refractivity contribution >= 4 is 34.4 Å². The van der Waals surface area contributed by atoms with E-state index in [1.807, 2.05) is 54.6 Å². The summed E-state index contributed by atoms with van der Waals surface area (Å²) in [6.07, 6.45) is 3.10. The first kappa shape index (κ1) is 20.3. The lowest BCUT2D eigenvalue weighted by Crippen LogP contribution is -2.07. The molecule has 0 saturated carbocycles. The Labute approximate surface area is 172 Å². The Balaban J connectivity index is 1.78. The van der Waals surface area contributed by atoms with Crippen molar-refractivity contribution in [2.45, 2.75) is 6.92 Å². The first-order valence-corrected chi connectivity index (χ1v) is 9.79. The molecular weight excluding hydrogens is 388 g/mol. The van der Waals surface area contributed by atoms with Gasteiger partial charge < -0.3 is 9.47 Å². The Bertz CT molecular complexity index is 1010. The number of hydrogen-bond donors (Lipinski definition) is 1. The van der Waals surface area contributed by atoms with Gasteiger partial charge in [-0.1, -0.05) is 53.8 Å². The van der Waals surface area contributed by atoms with Gasteiger partial charge >= 0.3 is 5.97 Å². The van der Waals surface area contributed by atoms with E-state index in [4.69, 9.17) is 9.47 Å². The molecule has 3 rings (SSSR count). The fraction of sp³-hybridized carbons (Fsp3) is 0.136. The van der Waals surface area contributed by atoms with Gasteiger partial charge in [-0.05, 0) is 30.7 Å². The second kappa shape index (κ2) is 9.66. The number of amides is 1. The number of rotatable bonds is 7. The van der Waals surface area contributed by atoms with Crippen LogP contribution in [0.15, 0.2) is 60.7 Å². The highest BCUT2D eigenvalue weighted by Crippen LogP contribution is 2.31. The van der Waals surface area contributed by atoms with E-state index in [0.29, 0.717) is 15.7 Å². The van der Waals surface area contributed by atoms with Crippen LogP contribution in [0.5, 0.6) is 5.75 Å². The number of benzene rings is 2. The van der Waals surface area contributed by atoms with Crippen LogP contribution in [0.25, 0.3) is 17.3 Å². The number of ether oxygens (including phenoxy) is 2. The van der Waals surface area contributed by atoms with Crippen molar-refractivity contribution in [1.29, 1.82) is 0 Å². The molecule has 2 aromatic carbocycles. The minimum Gasteiger partial charge on any atom is -0.497 e. The number of nitrogens with zero attached hydrogens (tertiary/aromatic N) is 1. The van der Waals surface area contributed by atoms with Gasteiger partial charge in [-0.2, -0.15) is 0 Å². The molecule has 0 aliphatic heterocycles. The lowest BCUT2D eigenvalue weighted by Gasteiger charge is -2.01. The molecular formula is C22H20N2O4S. The molecule has 1 N–H and O–H groups in total. The molecule has 3 aromatic rings. The van der Waals surface area contributed by atoms with Gasteiger partial charge in [0.25, 0.3) is 0 Å². The predicted octanol–water partition coefficient (Wildman–Crippen LogP) is 4.65. The lowest BCUT2D eigenvalue weighted by molar-refractivity contribution is -0.111. The van der Waals surface area contributed by atoms with Crippen molar-refractivity contribution in [1.82, 2.24) is 4.98 Å². The Kier molecular flexibility index (Phi) is 6.76. The second-order valence-corrected chi connectivity index (χ2v) is 6.88. The fourth-order valence-electron chi connectivity index (χ4n) is 2.53. The van der Waals surface area contributed by atoms with Crippen molar-refractivity contribution < 1.29 is 19.1 Å². The first-order chi connectivity index (χ1) is 14.1. The van der Waals surface area contributed by atoms with Crippen molar-refractivity contribution in [3.63, 3.8) is 0 Å². The maximum atomic E-state index is 12.3. The molecule has 1 aromatic heterocycles. The van der Waals surface area contributed by atoms with Crippen LogP contribution in [0.2, 0.25) is 0 Å². The molecule has 7 heteroatoms. The lowest BCUT2D eigenvalue weighted by atomic mass is 10.1. The Morgan fingerprint density at radius 2 is 1.83 bits per heavy atom. The minimum absolute atomic E-state index is 0.261. The summed E-state index contributed by atoms with van der Waals surface area (Å²) in [5.74, 6) is -0.0583. The number of hydrogen-bond acceptors (Lipinski definition) is 6. The third kappa shape index (κ3) is 5.30. The van der Waals surface area contributed by atoms with Crippen LogP contribution >= 0.6 is 11.3 Å². The molecule has 0 aliphatic carbocycles. The van der Waals surface area contributed by atoms with E-state index < -0.39 is 5.97 Å². The maximum Gasteiger partial charge on any atom is 0.350 e. The van der Waals surface area contributed by atoms with Gasteiger partial charge in [0.2, 0.25) is 5.91 Å². The fourth-order valence-corrected chi connectivity index (χ4v) is 3.42. The summed E-state index contributed by atoms with van der Waals surface area (Å²) in [7, 11) is 1.60. The number of thiazole rings is 1. The largest absolute Gasteiger partial charge is 0.497 e. The molecule has 148 valence electrons. The van der Waals surface area contributed by atoms with Gasteiger partial charge in [0, 0.05) is 11.6 Å². The molecule has 0 saturated heterocycles. The van der Waals surface area contributed by atoms with Crippen molar-refractivity contribution in [3.05, 3.63) is 71.1 Å². The van der Waals surface area contributed by atoms with Gasteiger partial charge in [-0.3, -0.25) is 10.1 Å². The van der Waals surface area contributed by atoms with E-state index in [1.165, 1.54) is 6.08 Å². The van der Waals surface area contributed by atoms with Gasteiger partial charge in [-0.15, -0.1) is 0 Å². The molecule has 0 aliphatic rings. The van der Waals surface area contributed by atoms with Crippen LogP contribution in [-0.2, 0) is 9.53 Å². The molecule has 1 amide bonds. The van der Waals surface area contributed by atoms with Crippen molar-refractivity contribution in [2.24, 2.45) is 0 Å². The number of nitrogens with one attached hydrogen (secondary N) is 1. The summed E-state index contributed by atoms with van der Waals surface area (Å²) in [5.41, 5.74) is 2.13. The summed E-state index contributed by atoms with van der Waals surface area (Å²) >= 11 is 1.09. The third-order valence-electron chi connectivity index (χ3n) is 3.91. The Morgan fingerprint density at radius 3 is 2.48 bits per heavy atom. The van der Waals surface area contributed by atoms with Crippen LogP contribution in [0.1, 0.15) is 22.2 Å². The average molecular weight is 408 g/mol. The molecule has 0 unspecified atom stereocenters. The molecule has 1 heterocycles. The van der Waals surface area contributed by atoms with Gasteiger partial charge in [0.1, 0.15) is 10.6 Å². The molecule has 29 heavy (non-hydrogen) atoms. The average Bonchev–Trinajstić information content (AvgIpc) is 3.17. The zero-order chi connectivity index (χ0) is 20.6. The highest BCUT2D eigenvalue weighted by atomic mass is 32.1. The third-order valence-corrected chi connectivity index (χ3v) is 4.86. The summed E-state index contributed by atoms with van der Waals surface area (Å²) in [5, 5.41) is 3.04. The van der Waals surface area contributed by atoms with E-state index in [1.54, 1.807) is 20.1 Å². The quantitative estimate of drug-likeness (QED) is 0.455. The highest BCUT2D eigenvalue weighted by molar-refractivity contribution is 7.18. The van der Waals surface area contributed by atoms with Gasteiger partial charge in [-0.25, -0.2) is 9.78 Å². The zero-order valence-electron chi connectivity index (χ0n) is 16.0. The normalized spacial score (nSPS) is 10.7. The SMILES string of the molecule is CCOC(=O)c1sc(NC(=O)/C=C/c2ccc(OC)cc2)nc1-c1ccccc1. The van der Waals surface area contributed by atoms with E-state index in [-0.39, 0.29) is 12.5 Å². The summed E-state index contributed by atoms with van der Waals surface area (Å²) in [6.45, 7) is 2.00. The first-order valence-electron chi connectivity index (χ1n) is 8.97. The van der Waals surface area contributed by atoms with Crippen molar-refractivity contribution in [3.8, 4) is 17.0 Å². The smallest absolute Gasteiger partial charge is 0.350 e. The summed E-state index contributed by atoms with van der Waals surface area (Å²) < 4.78 is 10.2. The summed E-state index contributed by atoms with van der Waals surface area (Å²) in [6, 6.07) is 16.6. The molecule has 0 bridgehead atoms. The van der Waals surface area contributed by atoms with Crippen LogP contribution in [-0.4, -0.2) is 30.6 Å². The maximum absolute atomic E-state index is 12.3. The van der Waals surface area contributed by atoms with E-state index in [0.717, 1.165) is 28.2 Å². The van der Waals surface area contributed by atoms with Crippen LogP contribution in [0.4, 0.5) is 5.13 Å². The molecule has 0 atom stereocenters. The molecule has 0 spiro atoms. The highest BCUT2D eigenvalue weighted by Gasteiger charge is 2.21. The van der Waals surface area contributed by atoms with E-state index >= 15 is 0 Å². The number of aromatic nitrogens is 1. The van der Waals surface area contributed by atoms with E-state index in [2.05, 4.69) is 10.3 Å². The number of anilines is 1. The van der Waals surface area contributed by atoms with Crippen molar-refractivity contribution in [2.75, 3.05) is 19.0 Å². The molecule has 0 fully saturated rings. The number of carbonyl (C=O) groups excluding carboxylic acids is 2. The summed E-state index contributed by atoms with van der Waals surface area (Å²) in [4.78, 5) is 29.4. The Hall–Kier alpha value is -3.45. The van der Waals surface area contributed by atoms with Crippen LogP contribution in [0, 0.1) is 0 Å². The topological polar surface area (TPSA) is 77.5 Å². The zero-order valence-corrected chi connectivity index (χ0v) is 16.9. The van der Waals surface area contributed by atoms with Gasteiger partial charge in [0.15, 0.2) is 5.13 Å². The molecule has 0 radical (unpaired) electrons. The second-order valence-electron chi connectivity index (χ2n) is 5.88. The predicted molar refractivity (Wildman–Crippen MR) is 114 cm³/mol.